The van der Waals surface area contributed by atoms with Crippen molar-refractivity contribution in [2.75, 3.05) is 30.3 Å². The number of methoxy groups -OCH3 is 1. The van der Waals surface area contributed by atoms with Gasteiger partial charge in [0.2, 0.25) is 15.9 Å². The zero-order valence-corrected chi connectivity index (χ0v) is 16.8. The lowest BCUT2D eigenvalue weighted by Gasteiger charge is -2.19. The first kappa shape index (κ1) is 19.9. The molecule has 2 aromatic carbocycles. The molecule has 28 heavy (non-hydrogen) atoms. The van der Waals surface area contributed by atoms with E-state index in [0.717, 1.165) is 22.4 Å². The quantitative estimate of drug-likeness (QED) is 0.725. The van der Waals surface area contributed by atoms with E-state index in [1.807, 2.05) is 55.5 Å². The Morgan fingerprint density at radius 2 is 1.89 bits per heavy atom. The van der Waals surface area contributed by atoms with Gasteiger partial charge < -0.3 is 10.1 Å². The number of carbonyl (C=O) groups is 1. The largest absolute Gasteiger partial charge is 0.496 e. The van der Waals surface area contributed by atoms with Crippen LogP contribution in [0.1, 0.15) is 18.1 Å². The Balaban J connectivity index is 1.59. The lowest BCUT2D eigenvalue weighted by Crippen LogP contribution is -2.36. The number of ether oxygens (including phenoxy) is 1. The topological polar surface area (TPSA) is 75.7 Å². The van der Waals surface area contributed by atoms with E-state index < -0.39 is 10.0 Å². The standard InChI is InChI=1S/C21H24N2O4S/c1-16(18-8-4-6-10-20(18)27-2)15-21(24)22-12-14-28(25,26)23-13-11-17-7-3-5-9-19(17)23/h3-10,15H,11-14H2,1-2H3,(H,22,24)/b16-15+. The van der Waals surface area contributed by atoms with Crippen LogP contribution in [0, 0.1) is 0 Å². The molecule has 1 aliphatic rings. The van der Waals surface area contributed by atoms with Crippen LogP contribution in [0.25, 0.3) is 5.57 Å². The summed E-state index contributed by atoms with van der Waals surface area (Å²) >= 11 is 0. The Bertz CT molecular complexity index is 999. The maximum atomic E-state index is 12.6. The smallest absolute Gasteiger partial charge is 0.244 e. The molecule has 1 N–H and O–H groups in total. The molecule has 0 atom stereocenters. The molecule has 0 unspecified atom stereocenters. The predicted molar refractivity (Wildman–Crippen MR) is 111 cm³/mol. The van der Waals surface area contributed by atoms with Crippen molar-refractivity contribution in [3.8, 4) is 5.75 Å². The second-order valence-corrected chi connectivity index (χ2v) is 8.60. The van der Waals surface area contributed by atoms with Crippen molar-refractivity contribution in [2.45, 2.75) is 13.3 Å². The predicted octanol–water partition coefficient (Wildman–Crippen LogP) is 2.61. The molecule has 6 nitrogen and oxygen atoms in total. The molecule has 0 saturated heterocycles. The SMILES string of the molecule is COc1ccccc1/C(C)=C/C(=O)NCCS(=O)(=O)N1CCc2ccccc21. The first-order valence-electron chi connectivity index (χ1n) is 9.10. The highest BCUT2D eigenvalue weighted by atomic mass is 32.2. The molecule has 3 rings (SSSR count). The van der Waals surface area contributed by atoms with Crippen LogP contribution in [-0.2, 0) is 21.2 Å². The van der Waals surface area contributed by atoms with Crippen LogP contribution >= 0.6 is 0 Å². The lowest BCUT2D eigenvalue weighted by atomic mass is 10.1. The van der Waals surface area contributed by atoms with Gasteiger partial charge in [0.25, 0.3) is 0 Å². The van der Waals surface area contributed by atoms with E-state index in [0.29, 0.717) is 18.7 Å². The summed E-state index contributed by atoms with van der Waals surface area (Å²) in [6.45, 7) is 2.31. The zero-order chi connectivity index (χ0) is 20.1. The van der Waals surface area contributed by atoms with E-state index in [1.165, 1.54) is 10.4 Å². The van der Waals surface area contributed by atoms with Crippen molar-refractivity contribution >= 4 is 27.2 Å². The number of nitrogens with one attached hydrogen (secondary N) is 1. The number of fused-ring (bicyclic) bond motifs is 1. The summed E-state index contributed by atoms with van der Waals surface area (Å²) in [7, 11) is -1.91. The Morgan fingerprint density at radius 1 is 1.18 bits per heavy atom. The molecule has 0 spiro atoms. The van der Waals surface area contributed by atoms with E-state index in [2.05, 4.69) is 5.32 Å². The molecule has 1 amide bonds. The highest BCUT2D eigenvalue weighted by Gasteiger charge is 2.28. The summed E-state index contributed by atoms with van der Waals surface area (Å²) in [4.78, 5) is 12.2. The number of carbonyl (C=O) groups excluding carboxylic acids is 1. The molecule has 0 bridgehead atoms. The second kappa shape index (κ2) is 8.48. The number of benzene rings is 2. The van der Waals surface area contributed by atoms with Crippen molar-refractivity contribution in [2.24, 2.45) is 0 Å². The Hall–Kier alpha value is -2.80. The molecule has 0 fully saturated rings. The third-order valence-electron chi connectivity index (χ3n) is 4.72. The molecule has 0 aromatic heterocycles. The molecular weight excluding hydrogens is 376 g/mol. The lowest BCUT2D eigenvalue weighted by molar-refractivity contribution is -0.116. The second-order valence-electron chi connectivity index (χ2n) is 6.59. The van der Waals surface area contributed by atoms with E-state index in [9.17, 15) is 13.2 Å². The van der Waals surface area contributed by atoms with Gasteiger partial charge in [0.15, 0.2) is 0 Å². The number of para-hydroxylation sites is 2. The maximum absolute atomic E-state index is 12.6. The van der Waals surface area contributed by atoms with Gasteiger partial charge in [-0.1, -0.05) is 36.4 Å². The average Bonchev–Trinajstić information content (AvgIpc) is 3.12. The van der Waals surface area contributed by atoms with Crippen LogP contribution in [0.4, 0.5) is 5.69 Å². The minimum Gasteiger partial charge on any atom is -0.496 e. The fourth-order valence-electron chi connectivity index (χ4n) is 3.31. The van der Waals surface area contributed by atoms with Gasteiger partial charge in [-0.05, 0) is 36.6 Å². The molecule has 0 saturated carbocycles. The zero-order valence-electron chi connectivity index (χ0n) is 16.0. The molecule has 148 valence electrons. The summed E-state index contributed by atoms with van der Waals surface area (Å²) in [5.41, 5.74) is 3.33. The molecular formula is C21H24N2O4S. The molecule has 0 aliphatic carbocycles. The van der Waals surface area contributed by atoms with Crippen LogP contribution in [0.15, 0.2) is 54.6 Å². The number of hydrogen-bond acceptors (Lipinski definition) is 4. The van der Waals surface area contributed by atoms with Gasteiger partial charge in [-0.25, -0.2) is 8.42 Å². The van der Waals surface area contributed by atoms with Crippen molar-refractivity contribution in [3.05, 3.63) is 65.7 Å². The fourth-order valence-corrected chi connectivity index (χ4v) is 4.73. The summed E-state index contributed by atoms with van der Waals surface area (Å²) in [6, 6.07) is 14.9. The van der Waals surface area contributed by atoms with E-state index in [-0.39, 0.29) is 18.2 Å². The number of nitrogens with zero attached hydrogens (tertiary/aromatic N) is 1. The number of amides is 1. The average molecular weight is 401 g/mol. The Morgan fingerprint density at radius 3 is 2.68 bits per heavy atom. The normalized spacial score (nSPS) is 13.9. The molecule has 2 aromatic rings. The minimum atomic E-state index is -3.48. The summed E-state index contributed by atoms with van der Waals surface area (Å²) in [5.74, 6) is 0.203. The number of rotatable bonds is 7. The van der Waals surface area contributed by atoms with Crippen molar-refractivity contribution < 1.29 is 17.9 Å². The highest BCUT2D eigenvalue weighted by molar-refractivity contribution is 7.92. The maximum Gasteiger partial charge on any atom is 0.244 e. The number of allylic oxidation sites excluding steroid dienone is 1. The van der Waals surface area contributed by atoms with Gasteiger partial charge >= 0.3 is 0 Å². The summed E-state index contributed by atoms with van der Waals surface area (Å²) < 4.78 is 32.0. The summed E-state index contributed by atoms with van der Waals surface area (Å²) in [5, 5.41) is 2.66. The van der Waals surface area contributed by atoms with E-state index in [4.69, 9.17) is 4.74 Å². The number of anilines is 1. The fraction of sp³-hybridized carbons (Fsp3) is 0.286. The molecule has 1 heterocycles. The highest BCUT2D eigenvalue weighted by Crippen LogP contribution is 2.30. The van der Waals surface area contributed by atoms with Gasteiger partial charge in [-0.15, -0.1) is 0 Å². The molecule has 7 heteroatoms. The van der Waals surface area contributed by atoms with Crippen molar-refractivity contribution in [1.29, 1.82) is 0 Å². The monoisotopic (exact) mass is 400 g/mol. The third kappa shape index (κ3) is 4.36. The molecule has 1 aliphatic heterocycles. The number of sulfonamides is 1. The van der Waals surface area contributed by atoms with Gasteiger partial charge in [0.05, 0.1) is 18.6 Å². The van der Waals surface area contributed by atoms with Crippen LogP contribution in [-0.4, -0.2) is 40.3 Å². The molecule has 0 radical (unpaired) electrons. The van der Waals surface area contributed by atoms with Crippen molar-refractivity contribution in [1.82, 2.24) is 5.32 Å². The van der Waals surface area contributed by atoms with Crippen LogP contribution in [0.5, 0.6) is 5.75 Å². The number of hydrogen-bond donors (Lipinski definition) is 1. The third-order valence-corrected chi connectivity index (χ3v) is 6.49. The van der Waals surface area contributed by atoms with E-state index >= 15 is 0 Å². The van der Waals surface area contributed by atoms with Crippen LogP contribution in [0.3, 0.4) is 0 Å². The van der Waals surface area contributed by atoms with E-state index in [1.54, 1.807) is 7.11 Å². The van der Waals surface area contributed by atoms with Crippen molar-refractivity contribution in [3.63, 3.8) is 0 Å². The van der Waals surface area contributed by atoms with Crippen LogP contribution in [0.2, 0.25) is 0 Å². The van der Waals surface area contributed by atoms with Gasteiger partial charge in [0.1, 0.15) is 5.75 Å². The Labute approximate surface area is 165 Å². The minimum absolute atomic E-state index is 0.0511. The van der Waals surface area contributed by atoms with Crippen LogP contribution < -0.4 is 14.4 Å². The van der Waals surface area contributed by atoms with Gasteiger partial charge in [-0.2, -0.15) is 0 Å². The van der Waals surface area contributed by atoms with Gasteiger partial charge in [-0.3, -0.25) is 9.10 Å². The first-order valence-corrected chi connectivity index (χ1v) is 10.7. The van der Waals surface area contributed by atoms with Gasteiger partial charge in [0, 0.05) is 24.7 Å². The first-order chi connectivity index (χ1) is 13.4. The Kier molecular flexibility index (Phi) is 6.04. The summed E-state index contributed by atoms with van der Waals surface area (Å²) in [6.07, 6.45) is 2.16.